The molecule has 0 bridgehead atoms. The maximum atomic E-state index is 12.1. The molecule has 1 atom stereocenters. The van der Waals surface area contributed by atoms with Crippen LogP contribution in [0.5, 0.6) is 5.75 Å². The van der Waals surface area contributed by atoms with E-state index in [1.54, 1.807) is 0 Å². The molecular formula is C19H23NO2. The molecule has 1 unspecified atom stereocenters. The van der Waals surface area contributed by atoms with E-state index in [0.717, 1.165) is 22.4 Å². The fourth-order valence-corrected chi connectivity index (χ4v) is 2.64. The minimum absolute atomic E-state index is 0.0297. The summed E-state index contributed by atoms with van der Waals surface area (Å²) in [7, 11) is 0. The maximum absolute atomic E-state index is 12.1. The number of carbonyl (C=O) groups is 1. The van der Waals surface area contributed by atoms with E-state index in [9.17, 15) is 4.79 Å². The first-order valence-corrected chi connectivity index (χ1v) is 7.52. The summed E-state index contributed by atoms with van der Waals surface area (Å²) in [6.07, 6.45) is 0. The molecule has 3 nitrogen and oxygen atoms in total. The molecule has 0 aromatic heterocycles. The number of aryl methyl sites for hydroxylation is 3. The second-order valence-corrected chi connectivity index (χ2v) is 5.72. The van der Waals surface area contributed by atoms with E-state index in [0.29, 0.717) is 0 Å². The van der Waals surface area contributed by atoms with Crippen molar-refractivity contribution < 1.29 is 9.53 Å². The Kier molecular flexibility index (Phi) is 5.21. The molecule has 0 aliphatic heterocycles. The van der Waals surface area contributed by atoms with Gasteiger partial charge in [0.1, 0.15) is 5.75 Å². The third-order valence-corrected chi connectivity index (χ3v) is 3.63. The zero-order chi connectivity index (χ0) is 16.1. The minimum atomic E-state index is -0.115. The number of nitrogens with one attached hydrogen (secondary N) is 1. The molecule has 0 aliphatic rings. The first-order chi connectivity index (χ1) is 10.5. The van der Waals surface area contributed by atoms with Crippen LogP contribution in [0.2, 0.25) is 0 Å². The Morgan fingerprint density at radius 2 is 1.68 bits per heavy atom. The smallest absolute Gasteiger partial charge is 0.258 e. The Hall–Kier alpha value is -2.29. The number of ether oxygens (including phenoxy) is 1. The Morgan fingerprint density at radius 1 is 1.09 bits per heavy atom. The van der Waals surface area contributed by atoms with Gasteiger partial charge in [-0.25, -0.2) is 0 Å². The van der Waals surface area contributed by atoms with Crippen molar-refractivity contribution in [3.8, 4) is 5.75 Å². The fraction of sp³-hybridized carbons (Fsp3) is 0.316. The van der Waals surface area contributed by atoms with Crippen LogP contribution in [0.3, 0.4) is 0 Å². The van der Waals surface area contributed by atoms with Crippen molar-refractivity contribution in [1.29, 1.82) is 0 Å². The van der Waals surface area contributed by atoms with Gasteiger partial charge in [-0.3, -0.25) is 4.79 Å². The normalized spacial score (nSPS) is 11.8. The fourth-order valence-electron chi connectivity index (χ4n) is 2.64. The number of amides is 1. The van der Waals surface area contributed by atoms with Gasteiger partial charge in [0.2, 0.25) is 0 Å². The quantitative estimate of drug-likeness (QED) is 0.910. The van der Waals surface area contributed by atoms with E-state index >= 15 is 0 Å². The van der Waals surface area contributed by atoms with Crippen molar-refractivity contribution in [2.24, 2.45) is 0 Å². The van der Waals surface area contributed by atoms with Crippen LogP contribution in [0.4, 0.5) is 0 Å². The summed E-state index contributed by atoms with van der Waals surface area (Å²) in [6, 6.07) is 14.0. The summed E-state index contributed by atoms with van der Waals surface area (Å²) in [5, 5.41) is 2.95. The molecule has 0 radical (unpaired) electrons. The summed E-state index contributed by atoms with van der Waals surface area (Å²) < 4.78 is 5.71. The standard InChI is InChI=1S/C19H23NO2/c1-13-10-14(2)19(15(3)11-13)22-12-18(21)20-16(4)17-8-6-5-7-9-17/h5-11,16H,12H2,1-4H3,(H,20,21). The van der Waals surface area contributed by atoms with E-state index in [1.807, 2.05) is 51.1 Å². The van der Waals surface area contributed by atoms with Crippen LogP contribution >= 0.6 is 0 Å². The van der Waals surface area contributed by atoms with Crippen LogP contribution in [-0.2, 0) is 4.79 Å². The largest absolute Gasteiger partial charge is 0.483 e. The summed E-state index contributed by atoms with van der Waals surface area (Å²) >= 11 is 0. The Balaban J connectivity index is 1.94. The highest BCUT2D eigenvalue weighted by Gasteiger charge is 2.11. The highest BCUT2D eigenvalue weighted by atomic mass is 16.5. The highest BCUT2D eigenvalue weighted by Crippen LogP contribution is 2.24. The number of hydrogen-bond donors (Lipinski definition) is 1. The van der Waals surface area contributed by atoms with Crippen molar-refractivity contribution in [2.45, 2.75) is 33.7 Å². The highest BCUT2D eigenvalue weighted by molar-refractivity contribution is 5.78. The molecule has 2 rings (SSSR count). The Bertz CT molecular complexity index is 627. The van der Waals surface area contributed by atoms with Crippen LogP contribution in [0.1, 0.15) is 35.2 Å². The van der Waals surface area contributed by atoms with E-state index < -0.39 is 0 Å². The van der Waals surface area contributed by atoms with Crippen LogP contribution in [0.15, 0.2) is 42.5 Å². The average Bonchev–Trinajstić information content (AvgIpc) is 2.47. The number of hydrogen-bond acceptors (Lipinski definition) is 2. The third-order valence-electron chi connectivity index (χ3n) is 3.63. The van der Waals surface area contributed by atoms with Gasteiger partial charge in [-0.05, 0) is 44.4 Å². The van der Waals surface area contributed by atoms with Gasteiger partial charge < -0.3 is 10.1 Å². The van der Waals surface area contributed by atoms with Crippen molar-refractivity contribution >= 4 is 5.91 Å². The molecule has 1 amide bonds. The van der Waals surface area contributed by atoms with Gasteiger partial charge in [-0.2, -0.15) is 0 Å². The maximum Gasteiger partial charge on any atom is 0.258 e. The van der Waals surface area contributed by atoms with Crippen LogP contribution in [0, 0.1) is 20.8 Å². The lowest BCUT2D eigenvalue weighted by molar-refractivity contribution is -0.123. The molecule has 3 heteroatoms. The van der Waals surface area contributed by atoms with Gasteiger partial charge in [-0.1, -0.05) is 48.0 Å². The molecule has 1 N–H and O–H groups in total. The molecule has 0 heterocycles. The summed E-state index contributed by atoms with van der Waals surface area (Å²) in [4.78, 5) is 12.1. The Labute approximate surface area is 132 Å². The molecule has 22 heavy (non-hydrogen) atoms. The molecule has 2 aromatic carbocycles. The molecule has 0 aliphatic carbocycles. The first kappa shape index (κ1) is 16.1. The van der Waals surface area contributed by atoms with Crippen molar-refractivity contribution in [2.75, 3.05) is 6.61 Å². The minimum Gasteiger partial charge on any atom is -0.483 e. The average molecular weight is 297 g/mol. The van der Waals surface area contributed by atoms with E-state index in [2.05, 4.69) is 24.4 Å². The summed E-state index contributed by atoms with van der Waals surface area (Å²) in [6.45, 7) is 8.05. The van der Waals surface area contributed by atoms with Crippen LogP contribution < -0.4 is 10.1 Å². The Morgan fingerprint density at radius 3 is 2.27 bits per heavy atom. The molecule has 0 fully saturated rings. The van der Waals surface area contributed by atoms with E-state index in [-0.39, 0.29) is 18.6 Å². The number of benzene rings is 2. The predicted molar refractivity (Wildman–Crippen MR) is 89.1 cm³/mol. The SMILES string of the molecule is Cc1cc(C)c(OCC(=O)NC(C)c2ccccc2)c(C)c1. The van der Waals surface area contributed by atoms with E-state index in [1.165, 1.54) is 5.56 Å². The van der Waals surface area contributed by atoms with Gasteiger partial charge in [0.25, 0.3) is 5.91 Å². The molecule has 0 saturated heterocycles. The second-order valence-electron chi connectivity index (χ2n) is 5.72. The van der Waals surface area contributed by atoms with Gasteiger partial charge in [-0.15, -0.1) is 0 Å². The van der Waals surface area contributed by atoms with Crippen molar-refractivity contribution in [3.05, 3.63) is 64.7 Å². The second kappa shape index (κ2) is 7.12. The first-order valence-electron chi connectivity index (χ1n) is 7.52. The zero-order valence-electron chi connectivity index (χ0n) is 13.6. The molecule has 116 valence electrons. The van der Waals surface area contributed by atoms with Gasteiger partial charge in [0.15, 0.2) is 6.61 Å². The topological polar surface area (TPSA) is 38.3 Å². The summed E-state index contributed by atoms with van der Waals surface area (Å²) in [5.74, 6) is 0.684. The van der Waals surface area contributed by atoms with Crippen molar-refractivity contribution in [3.63, 3.8) is 0 Å². The lowest BCUT2D eigenvalue weighted by Gasteiger charge is -2.16. The number of rotatable bonds is 5. The van der Waals surface area contributed by atoms with Crippen molar-refractivity contribution in [1.82, 2.24) is 5.32 Å². The van der Waals surface area contributed by atoms with Gasteiger partial charge in [0.05, 0.1) is 6.04 Å². The van der Waals surface area contributed by atoms with Crippen LogP contribution in [0.25, 0.3) is 0 Å². The molecule has 0 spiro atoms. The van der Waals surface area contributed by atoms with Gasteiger partial charge >= 0.3 is 0 Å². The van der Waals surface area contributed by atoms with E-state index in [4.69, 9.17) is 4.74 Å². The van der Waals surface area contributed by atoms with Gasteiger partial charge in [0, 0.05) is 0 Å². The third kappa shape index (κ3) is 4.10. The summed E-state index contributed by atoms with van der Waals surface area (Å²) in [5.41, 5.74) is 4.39. The zero-order valence-corrected chi connectivity index (χ0v) is 13.6. The molecule has 2 aromatic rings. The molecule has 0 saturated carbocycles. The predicted octanol–water partition coefficient (Wildman–Crippen LogP) is 3.87. The lowest BCUT2D eigenvalue weighted by atomic mass is 10.1. The lowest BCUT2D eigenvalue weighted by Crippen LogP contribution is -2.31. The molecular weight excluding hydrogens is 274 g/mol. The number of carbonyl (C=O) groups excluding carboxylic acids is 1. The van der Waals surface area contributed by atoms with Crippen LogP contribution in [-0.4, -0.2) is 12.5 Å². The monoisotopic (exact) mass is 297 g/mol.